The fourth-order valence-electron chi connectivity index (χ4n) is 1.88. The maximum absolute atomic E-state index is 11.5. The first-order valence-electron chi connectivity index (χ1n) is 6.48. The zero-order valence-electron chi connectivity index (χ0n) is 11.9. The number of anilines is 1. The van der Waals surface area contributed by atoms with E-state index in [-0.39, 0.29) is 11.9 Å². The van der Waals surface area contributed by atoms with Crippen LogP contribution in [0.25, 0.3) is 0 Å². The zero-order chi connectivity index (χ0) is 15.2. The van der Waals surface area contributed by atoms with Gasteiger partial charge in [0.2, 0.25) is 0 Å². The van der Waals surface area contributed by atoms with Crippen LogP contribution in [0.5, 0.6) is 0 Å². The summed E-state index contributed by atoms with van der Waals surface area (Å²) in [4.78, 5) is 22.8. The van der Waals surface area contributed by atoms with E-state index in [0.29, 0.717) is 5.69 Å². The Hall–Kier alpha value is -2.06. The SMILES string of the molecule is CC(=O)Nc1ccccc1[As](OC(C)=O)c1ccccc1. The molecule has 1 atom stereocenters. The van der Waals surface area contributed by atoms with Gasteiger partial charge in [0.1, 0.15) is 0 Å². The van der Waals surface area contributed by atoms with Gasteiger partial charge in [0.05, 0.1) is 0 Å². The van der Waals surface area contributed by atoms with Gasteiger partial charge in [-0.15, -0.1) is 0 Å². The summed E-state index contributed by atoms with van der Waals surface area (Å²) in [6.45, 7) is 2.87. The van der Waals surface area contributed by atoms with E-state index in [0.717, 1.165) is 8.70 Å². The molecule has 0 aliphatic carbocycles. The van der Waals surface area contributed by atoms with Crippen molar-refractivity contribution < 1.29 is 13.3 Å². The molecular weight excluding hydrogens is 329 g/mol. The summed E-state index contributed by atoms with van der Waals surface area (Å²) in [7, 11) is 0. The molecule has 0 aliphatic rings. The summed E-state index contributed by atoms with van der Waals surface area (Å²) in [5, 5.41) is 2.80. The monoisotopic (exact) mass is 345 g/mol. The molecule has 0 saturated carbocycles. The van der Waals surface area contributed by atoms with Crippen LogP contribution in [0, 0.1) is 0 Å². The molecule has 1 unspecified atom stereocenters. The molecule has 108 valence electrons. The van der Waals surface area contributed by atoms with Crippen LogP contribution in [0.1, 0.15) is 13.8 Å². The number of amides is 1. The molecule has 0 bridgehead atoms. The van der Waals surface area contributed by atoms with Crippen LogP contribution in [-0.4, -0.2) is 26.9 Å². The van der Waals surface area contributed by atoms with Gasteiger partial charge >= 0.3 is 128 Å². The van der Waals surface area contributed by atoms with E-state index >= 15 is 0 Å². The summed E-state index contributed by atoms with van der Waals surface area (Å²) in [5.41, 5.74) is 0.704. The molecule has 0 heterocycles. The molecule has 1 N–H and O–H groups in total. The minimum atomic E-state index is -2.25. The zero-order valence-corrected chi connectivity index (χ0v) is 13.7. The quantitative estimate of drug-likeness (QED) is 0.851. The molecule has 0 spiro atoms. The van der Waals surface area contributed by atoms with E-state index in [1.807, 2.05) is 54.6 Å². The molecule has 2 rings (SSSR count). The molecule has 1 amide bonds. The Kier molecular flexibility index (Phi) is 5.18. The molecular formula is C16H16AsNO3. The number of carbonyl (C=O) groups is 2. The summed E-state index contributed by atoms with van der Waals surface area (Å²) in [5.74, 6) is -0.455. The Morgan fingerprint density at radius 3 is 2.19 bits per heavy atom. The van der Waals surface area contributed by atoms with E-state index in [9.17, 15) is 9.59 Å². The Balaban J connectivity index is 2.46. The summed E-state index contributed by atoms with van der Waals surface area (Å²) < 4.78 is 7.49. The fraction of sp³-hybridized carbons (Fsp3) is 0.125. The van der Waals surface area contributed by atoms with E-state index in [2.05, 4.69) is 5.32 Å². The number of carbonyl (C=O) groups excluding carboxylic acids is 2. The molecule has 0 aromatic heterocycles. The third-order valence-electron chi connectivity index (χ3n) is 2.64. The van der Waals surface area contributed by atoms with Crippen molar-refractivity contribution in [3.63, 3.8) is 0 Å². The third-order valence-corrected chi connectivity index (χ3v) is 6.91. The first-order chi connectivity index (χ1) is 10.1. The molecule has 0 saturated heterocycles. The predicted molar refractivity (Wildman–Crippen MR) is 84.0 cm³/mol. The number of benzene rings is 2. The van der Waals surface area contributed by atoms with Gasteiger partial charge in [-0.1, -0.05) is 0 Å². The summed E-state index contributed by atoms with van der Waals surface area (Å²) >= 11 is -2.25. The van der Waals surface area contributed by atoms with Crippen LogP contribution in [0.15, 0.2) is 54.6 Å². The standard InChI is InChI=1S/C16H16AsNO3/c1-12(19)18-16-11-7-6-10-15(16)17(21-13(2)20)14-8-4-3-5-9-14/h3-11H,1-2H3,(H,18,19). The van der Waals surface area contributed by atoms with Gasteiger partial charge < -0.3 is 0 Å². The van der Waals surface area contributed by atoms with Gasteiger partial charge in [-0.2, -0.15) is 0 Å². The number of hydrogen-bond donors (Lipinski definition) is 1. The first-order valence-corrected chi connectivity index (χ1v) is 9.12. The Morgan fingerprint density at radius 1 is 0.952 bits per heavy atom. The van der Waals surface area contributed by atoms with E-state index < -0.39 is 15.0 Å². The van der Waals surface area contributed by atoms with E-state index in [1.165, 1.54) is 13.8 Å². The van der Waals surface area contributed by atoms with Crippen LogP contribution < -0.4 is 14.0 Å². The Morgan fingerprint density at radius 2 is 1.57 bits per heavy atom. The second kappa shape index (κ2) is 7.09. The van der Waals surface area contributed by atoms with Crippen molar-refractivity contribution in [3.05, 3.63) is 54.6 Å². The van der Waals surface area contributed by atoms with Crippen molar-refractivity contribution in [2.45, 2.75) is 13.8 Å². The van der Waals surface area contributed by atoms with Crippen molar-refractivity contribution in [3.8, 4) is 0 Å². The van der Waals surface area contributed by atoms with Gasteiger partial charge in [-0.3, -0.25) is 0 Å². The number of hydrogen-bond acceptors (Lipinski definition) is 3. The molecule has 2 aromatic rings. The Bertz CT molecular complexity index is 643. The van der Waals surface area contributed by atoms with Crippen LogP contribution >= 0.6 is 0 Å². The Labute approximate surface area is 128 Å². The van der Waals surface area contributed by atoms with Crippen LogP contribution in [0.3, 0.4) is 0 Å². The molecule has 0 radical (unpaired) electrons. The first kappa shape index (κ1) is 15.3. The molecule has 21 heavy (non-hydrogen) atoms. The van der Waals surface area contributed by atoms with Gasteiger partial charge in [-0.05, 0) is 0 Å². The topological polar surface area (TPSA) is 55.4 Å². The average molecular weight is 345 g/mol. The summed E-state index contributed by atoms with van der Waals surface area (Å²) in [6, 6.07) is 17.1. The minimum absolute atomic E-state index is 0.146. The normalized spacial score (nSPS) is 11.5. The van der Waals surface area contributed by atoms with Crippen LogP contribution in [0.4, 0.5) is 5.69 Å². The fourth-order valence-corrected chi connectivity index (χ4v) is 5.56. The van der Waals surface area contributed by atoms with Crippen LogP contribution in [-0.2, 0) is 13.3 Å². The van der Waals surface area contributed by atoms with Crippen molar-refractivity contribution in [1.29, 1.82) is 0 Å². The molecule has 0 fully saturated rings. The number of rotatable bonds is 4. The maximum atomic E-state index is 11.5. The van der Waals surface area contributed by atoms with Crippen molar-refractivity contribution in [1.82, 2.24) is 0 Å². The molecule has 5 heteroatoms. The molecule has 4 nitrogen and oxygen atoms in total. The van der Waals surface area contributed by atoms with Gasteiger partial charge in [-0.25, -0.2) is 0 Å². The van der Waals surface area contributed by atoms with Crippen molar-refractivity contribution in [2.24, 2.45) is 0 Å². The predicted octanol–water partition coefficient (Wildman–Crippen LogP) is 1.31. The van der Waals surface area contributed by atoms with Crippen molar-refractivity contribution in [2.75, 3.05) is 5.32 Å². The van der Waals surface area contributed by atoms with E-state index in [4.69, 9.17) is 3.73 Å². The van der Waals surface area contributed by atoms with Gasteiger partial charge in [0, 0.05) is 0 Å². The summed E-state index contributed by atoms with van der Waals surface area (Å²) in [6.07, 6.45) is 0. The molecule has 2 aromatic carbocycles. The van der Waals surface area contributed by atoms with Crippen molar-refractivity contribution >= 4 is 41.3 Å². The average Bonchev–Trinajstić information content (AvgIpc) is 2.46. The van der Waals surface area contributed by atoms with Gasteiger partial charge in [0.25, 0.3) is 0 Å². The second-order valence-corrected chi connectivity index (χ2v) is 8.12. The third kappa shape index (κ3) is 4.20. The molecule has 0 aliphatic heterocycles. The van der Waals surface area contributed by atoms with Crippen LogP contribution in [0.2, 0.25) is 0 Å². The second-order valence-electron chi connectivity index (χ2n) is 4.41. The van der Waals surface area contributed by atoms with E-state index in [1.54, 1.807) is 0 Å². The van der Waals surface area contributed by atoms with Gasteiger partial charge in [0.15, 0.2) is 0 Å². The number of para-hydroxylation sites is 1. The number of nitrogens with one attached hydrogen (secondary N) is 1.